The minimum absolute atomic E-state index is 0.0151. The van der Waals surface area contributed by atoms with E-state index in [9.17, 15) is 13.2 Å². The molecule has 0 atom stereocenters. The van der Waals surface area contributed by atoms with E-state index in [0.29, 0.717) is 18.3 Å². The number of ether oxygens (including phenoxy) is 1. The van der Waals surface area contributed by atoms with Crippen LogP contribution in [-0.4, -0.2) is 63.8 Å². The second-order valence-corrected chi connectivity index (χ2v) is 13.5. The van der Waals surface area contributed by atoms with E-state index in [-0.39, 0.29) is 27.2 Å². The fourth-order valence-corrected chi connectivity index (χ4v) is 4.98. The number of rotatable bonds is 7. The molecule has 0 aromatic carbocycles. The Balaban J connectivity index is 1.71. The van der Waals surface area contributed by atoms with Gasteiger partial charge in [-0.25, -0.2) is 22.8 Å². The Hall–Kier alpha value is -3.23. The Labute approximate surface area is 229 Å². The summed E-state index contributed by atoms with van der Waals surface area (Å²) in [6, 6.07) is 4.75. The number of hydrogen-bond donors (Lipinski definition) is 1. The Bertz CT molecular complexity index is 1490. The highest BCUT2D eigenvalue weighted by Crippen LogP contribution is 2.36. The van der Waals surface area contributed by atoms with Crippen LogP contribution in [0.5, 0.6) is 5.88 Å². The molecule has 12 nitrogen and oxygen atoms in total. The lowest BCUT2D eigenvalue weighted by Gasteiger charge is -2.32. The van der Waals surface area contributed by atoms with Crippen LogP contribution in [0, 0.1) is 12.3 Å². The van der Waals surface area contributed by atoms with Crippen LogP contribution in [-0.2, 0) is 26.4 Å². The lowest BCUT2D eigenvalue weighted by atomic mass is 9.80. The van der Waals surface area contributed by atoms with Crippen LogP contribution >= 0.6 is 0 Å². The van der Waals surface area contributed by atoms with Crippen molar-refractivity contribution in [3.05, 3.63) is 41.9 Å². The van der Waals surface area contributed by atoms with E-state index >= 15 is 0 Å². The molecule has 1 amide bonds. The first-order chi connectivity index (χ1) is 17.9. The average Bonchev–Trinajstić information content (AvgIpc) is 3.47. The summed E-state index contributed by atoms with van der Waals surface area (Å²) in [6.45, 7) is 15.7. The highest BCUT2D eigenvalue weighted by Gasteiger charge is 2.53. The summed E-state index contributed by atoms with van der Waals surface area (Å²) in [6.07, 6.45) is 3.02. The topological polar surface area (TPSA) is 139 Å². The lowest BCUT2D eigenvalue weighted by Crippen LogP contribution is -2.44. The predicted molar refractivity (Wildman–Crippen MR) is 145 cm³/mol. The van der Waals surface area contributed by atoms with Crippen LogP contribution in [0.1, 0.15) is 64.5 Å². The van der Waals surface area contributed by atoms with Crippen LogP contribution in [0.2, 0.25) is 0 Å². The van der Waals surface area contributed by atoms with Crippen molar-refractivity contribution in [2.75, 3.05) is 6.61 Å². The number of carbonyl (C=O) groups is 1. The number of sulfonamides is 1. The third-order valence-electron chi connectivity index (χ3n) is 6.57. The largest absolute Gasteiger partial charge is 0.515 e. The fraction of sp³-hybridized carbons (Fsp3) is 0.520. The molecule has 1 fully saturated rings. The zero-order chi connectivity index (χ0) is 29.0. The maximum Gasteiger partial charge on any atom is 0.515 e. The second-order valence-electron chi connectivity index (χ2n) is 11.8. The van der Waals surface area contributed by atoms with Gasteiger partial charge >= 0.3 is 7.12 Å². The van der Waals surface area contributed by atoms with E-state index < -0.39 is 34.3 Å². The number of hydrogen-bond acceptors (Lipinski definition) is 9. The van der Waals surface area contributed by atoms with E-state index in [1.54, 1.807) is 32.3 Å². The number of nitrogens with one attached hydrogen (secondary N) is 1. The summed E-state index contributed by atoms with van der Waals surface area (Å²) < 4.78 is 49.1. The van der Waals surface area contributed by atoms with Crippen LogP contribution < -0.4 is 15.1 Å². The van der Waals surface area contributed by atoms with Gasteiger partial charge in [0.25, 0.3) is 15.9 Å². The molecule has 1 N–H and O–H groups in total. The predicted octanol–water partition coefficient (Wildman–Crippen LogP) is 2.15. The fourth-order valence-electron chi connectivity index (χ4n) is 3.79. The molecule has 0 bridgehead atoms. The van der Waals surface area contributed by atoms with Crippen molar-refractivity contribution in [1.29, 1.82) is 0 Å². The highest BCUT2D eigenvalue weighted by molar-refractivity contribution is 7.90. The van der Waals surface area contributed by atoms with Crippen molar-refractivity contribution in [2.24, 2.45) is 12.5 Å². The summed E-state index contributed by atoms with van der Waals surface area (Å²) in [7, 11) is -3.64. The normalized spacial score (nSPS) is 16.9. The van der Waals surface area contributed by atoms with E-state index in [2.05, 4.69) is 40.7 Å². The van der Waals surface area contributed by atoms with Crippen molar-refractivity contribution >= 4 is 28.6 Å². The number of carbonyl (C=O) groups excluding carboxylic acids is 1. The molecule has 0 saturated carbocycles. The van der Waals surface area contributed by atoms with Crippen molar-refractivity contribution in [3.63, 3.8) is 0 Å². The summed E-state index contributed by atoms with van der Waals surface area (Å²) in [5.41, 5.74) is -1.12. The van der Waals surface area contributed by atoms with Gasteiger partial charge in [0.1, 0.15) is 4.90 Å². The van der Waals surface area contributed by atoms with Crippen LogP contribution in [0.3, 0.4) is 0 Å². The van der Waals surface area contributed by atoms with Gasteiger partial charge in [0.05, 0.1) is 34.7 Å². The van der Waals surface area contributed by atoms with Gasteiger partial charge in [0, 0.05) is 25.5 Å². The number of aromatic nitrogens is 5. The van der Waals surface area contributed by atoms with E-state index in [4.69, 9.17) is 14.0 Å². The summed E-state index contributed by atoms with van der Waals surface area (Å²) in [5.74, 6) is -0.0897. The molecule has 14 heteroatoms. The summed E-state index contributed by atoms with van der Waals surface area (Å²) in [4.78, 5) is 17.9. The van der Waals surface area contributed by atoms with E-state index in [1.165, 1.54) is 21.6 Å². The number of amides is 1. The lowest BCUT2D eigenvalue weighted by molar-refractivity contribution is 0.00578. The zero-order valence-electron chi connectivity index (χ0n) is 23.8. The monoisotopic (exact) mass is 558 g/mol. The Morgan fingerprint density at radius 1 is 1.10 bits per heavy atom. The van der Waals surface area contributed by atoms with E-state index in [0.717, 1.165) is 0 Å². The summed E-state index contributed by atoms with van der Waals surface area (Å²) >= 11 is 0. The third-order valence-corrected chi connectivity index (χ3v) is 8.00. The van der Waals surface area contributed by atoms with Gasteiger partial charge in [-0.15, -0.1) is 5.10 Å². The van der Waals surface area contributed by atoms with Gasteiger partial charge in [-0.2, -0.15) is 5.10 Å². The Kier molecular flexibility index (Phi) is 7.20. The molecule has 3 aromatic heterocycles. The SMILES string of the molecule is Cc1nn(C)cc1S(=O)(=O)NC(=O)c1ccc(-n2ccc(OCC(C)(C)C)n2)nc1B1OC(C)(C)C(C)(C)O1. The zero-order valence-corrected chi connectivity index (χ0v) is 24.6. The Morgan fingerprint density at radius 2 is 1.74 bits per heavy atom. The molecule has 3 aromatic rings. The molecule has 1 aliphatic rings. The van der Waals surface area contributed by atoms with E-state index in [1.807, 2.05) is 27.7 Å². The number of aryl methyl sites for hydroxylation is 2. The van der Waals surface area contributed by atoms with Crippen LogP contribution in [0.15, 0.2) is 35.5 Å². The first-order valence-corrected chi connectivity index (χ1v) is 14.0. The number of pyridine rings is 1. The first kappa shape index (κ1) is 28.8. The average molecular weight is 558 g/mol. The standard InChI is InChI=1S/C25H35BN6O6S/c1-16-18(14-31(9)28-16)39(34,35)30-22(33)17-10-11-19(32-13-12-20(29-32)36-15-23(2,3)4)27-21(17)26-37-24(5,6)25(7,8)38-26/h10-14H,15H2,1-9H3,(H,30,33). The molecule has 0 radical (unpaired) electrons. The smallest absolute Gasteiger partial charge is 0.476 e. The maximum atomic E-state index is 13.4. The molecule has 1 aliphatic heterocycles. The first-order valence-electron chi connectivity index (χ1n) is 12.5. The van der Waals surface area contributed by atoms with Crippen molar-refractivity contribution < 1.29 is 27.3 Å². The highest BCUT2D eigenvalue weighted by atomic mass is 32.2. The molecule has 1 saturated heterocycles. The molecule has 4 rings (SSSR count). The van der Waals surface area contributed by atoms with Crippen molar-refractivity contribution in [3.8, 4) is 11.7 Å². The minimum atomic E-state index is -4.21. The molecule has 39 heavy (non-hydrogen) atoms. The molecule has 0 spiro atoms. The van der Waals surface area contributed by atoms with Gasteiger partial charge in [-0.1, -0.05) is 20.8 Å². The molecular formula is C25H35BN6O6S. The van der Waals surface area contributed by atoms with Crippen molar-refractivity contribution in [1.82, 2.24) is 29.3 Å². The van der Waals surface area contributed by atoms with Crippen LogP contribution in [0.25, 0.3) is 5.82 Å². The van der Waals surface area contributed by atoms with Gasteiger partial charge in [-0.05, 0) is 52.2 Å². The Morgan fingerprint density at radius 3 is 2.31 bits per heavy atom. The van der Waals surface area contributed by atoms with Crippen LogP contribution in [0.4, 0.5) is 0 Å². The van der Waals surface area contributed by atoms with Gasteiger partial charge < -0.3 is 14.0 Å². The second kappa shape index (κ2) is 9.75. The maximum absolute atomic E-state index is 13.4. The number of nitrogens with zero attached hydrogens (tertiary/aromatic N) is 5. The quantitative estimate of drug-likeness (QED) is 0.432. The molecule has 210 valence electrons. The minimum Gasteiger partial charge on any atom is -0.476 e. The molecular weight excluding hydrogens is 523 g/mol. The molecule has 0 unspecified atom stereocenters. The molecule has 0 aliphatic carbocycles. The summed E-state index contributed by atoms with van der Waals surface area (Å²) in [5, 5.41) is 8.50. The van der Waals surface area contributed by atoms with Crippen molar-refractivity contribution in [2.45, 2.75) is 71.5 Å². The van der Waals surface area contributed by atoms with Gasteiger partial charge in [-0.3, -0.25) is 9.48 Å². The van der Waals surface area contributed by atoms with Gasteiger partial charge in [0.2, 0.25) is 5.88 Å². The third kappa shape index (κ3) is 6.02. The van der Waals surface area contributed by atoms with Gasteiger partial charge in [0.15, 0.2) is 5.82 Å². The molecule has 4 heterocycles.